The molecule has 11 heteroatoms. The Bertz CT molecular complexity index is 1080. The molecule has 6 N–H and O–H groups in total. The van der Waals surface area contributed by atoms with E-state index in [4.69, 9.17) is 22.1 Å². The summed E-state index contributed by atoms with van der Waals surface area (Å²) in [6, 6.07) is 11.1. The molecule has 0 unspecified atom stereocenters. The van der Waals surface area contributed by atoms with Gasteiger partial charge < -0.3 is 31.5 Å². The molecule has 0 fully saturated rings. The molecule has 0 aliphatic heterocycles. The molecule has 0 aliphatic carbocycles. The summed E-state index contributed by atoms with van der Waals surface area (Å²) in [6.07, 6.45) is -0.288. The number of nitrogens with one attached hydrogen (secondary N) is 3. The Morgan fingerprint density at radius 1 is 1.03 bits per heavy atom. The van der Waals surface area contributed by atoms with Crippen LogP contribution in [-0.4, -0.2) is 60.1 Å². The number of benzene rings is 2. The number of primary amides is 1. The molecule has 2 aromatic carbocycles. The first-order chi connectivity index (χ1) is 17.6. The predicted octanol–water partition coefficient (Wildman–Crippen LogP) is 1.89. The molecule has 200 valence electrons. The first-order valence-corrected chi connectivity index (χ1v) is 12.3. The van der Waals surface area contributed by atoms with Gasteiger partial charge in [-0.2, -0.15) is 0 Å². The second kappa shape index (κ2) is 14.8. The Hall–Kier alpha value is -3.63. The van der Waals surface area contributed by atoms with Crippen LogP contribution in [0.4, 0.5) is 0 Å². The molecule has 10 nitrogen and oxygen atoms in total. The molecular formula is C26H33ClN4O6. The maximum absolute atomic E-state index is 13.2. The number of ether oxygens (including phenoxy) is 1. The number of rotatable bonds is 15. The average Bonchev–Trinajstić information content (AvgIpc) is 2.84. The Labute approximate surface area is 220 Å². The van der Waals surface area contributed by atoms with Crippen LogP contribution in [0.1, 0.15) is 42.6 Å². The van der Waals surface area contributed by atoms with Gasteiger partial charge in [0.2, 0.25) is 11.8 Å². The minimum absolute atomic E-state index is 0.0368. The van der Waals surface area contributed by atoms with Crippen LogP contribution in [-0.2, 0) is 20.8 Å². The Balaban J connectivity index is 2.18. The van der Waals surface area contributed by atoms with Crippen molar-refractivity contribution in [3.63, 3.8) is 0 Å². The first-order valence-electron chi connectivity index (χ1n) is 11.9. The molecule has 0 aromatic heterocycles. The van der Waals surface area contributed by atoms with E-state index >= 15 is 0 Å². The number of hydrogen-bond donors (Lipinski definition) is 5. The fourth-order valence-electron chi connectivity index (χ4n) is 3.43. The van der Waals surface area contributed by atoms with Crippen molar-refractivity contribution in [1.82, 2.24) is 16.0 Å². The third-order valence-electron chi connectivity index (χ3n) is 5.30. The lowest BCUT2D eigenvalue weighted by atomic mass is 10.0. The molecule has 0 saturated heterocycles. The zero-order valence-electron chi connectivity index (χ0n) is 20.8. The molecule has 0 aliphatic rings. The number of carbonyl (C=O) groups excluding carboxylic acids is 3. The highest BCUT2D eigenvalue weighted by atomic mass is 35.5. The summed E-state index contributed by atoms with van der Waals surface area (Å²) in [5.74, 6) is -3.08. The van der Waals surface area contributed by atoms with Crippen molar-refractivity contribution in [2.45, 2.75) is 51.2 Å². The minimum atomic E-state index is -1.25. The van der Waals surface area contributed by atoms with E-state index in [1.54, 1.807) is 42.5 Å². The van der Waals surface area contributed by atoms with Gasteiger partial charge in [0.15, 0.2) is 0 Å². The van der Waals surface area contributed by atoms with Crippen LogP contribution in [0.15, 0.2) is 48.5 Å². The number of amides is 3. The van der Waals surface area contributed by atoms with Crippen molar-refractivity contribution in [1.29, 1.82) is 0 Å². The summed E-state index contributed by atoms with van der Waals surface area (Å²) in [4.78, 5) is 49.4. The van der Waals surface area contributed by atoms with Crippen LogP contribution in [0.3, 0.4) is 0 Å². The lowest BCUT2D eigenvalue weighted by Crippen LogP contribution is -2.52. The van der Waals surface area contributed by atoms with E-state index < -0.39 is 35.8 Å². The molecule has 0 spiro atoms. The van der Waals surface area contributed by atoms with Crippen LogP contribution in [0.5, 0.6) is 5.75 Å². The second-order valence-corrected chi connectivity index (χ2v) is 9.15. The average molecular weight is 533 g/mol. The Morgan fingerprint density at radius 2 is 1.73 bits per heavy atom. The smallest absolute Gasteiger partial charge is 0.326 e. The largest absolute Gasteiger partial charge is 0.491 e. The van der Waals surface area contributed by atoms with E-state index in [1.165, 1.54) is 6.07 Å². The first kappa shape index (κ1) is 29.6. The van der Waals surface area contributed by atoms with Gasteiger partial charge >= 0.3 is 5.97 Å². The van der Waals surface area contributed by atoms with Crippen molar-refractivity contribution in [2.75, 3.05) is 13.2 Å². The van der Waals surface area contributed by atoms with E-state index in [-0.39, 0.29) is 48.2 Å². The zero-order valence-corrected chi connectivity index (χ0v) is 21.6. The van der Waals surface area contributed by atoms with Crippen LogP contribution >= 0.6 is 11.6 Å². The highest BCUT2D eigenvalue weighted by molar-refractivity contribution is 6.31. The van der Waals surface area contributed by atoms with Crippen LogP contribution < -0.4 is 26.4 Å². The number of halogens is 1. The zero-order chi connectivity index (χ0) is 27.4. The molecule has 2 atom stereocenters. The molecule has 2 aromatic rings. The van der Waals surface area contributed by atoms with Gasteiger partial charge in [-0.3, -0.25) is 14.4 Å². The third-order valence-corrected chi connectivity index (χ3v) is 5.53. The highest BCUT2D eigenvalue weighted by Crippen LogP contribution is 2.23. The van der Waals surface area contributed by atoms with Gasteiger partial charge in [-0.25, -0.2) is 4.79 Å². The summed E-state index contributed by atoms with van der Waals surface area (Å²) in [7, 11) is 0. The van der Waals surface area contributed by atoms with Crippen LogP contribution in [0.2, 0.25) is 5.02 Å². The molecule has 0 saturated carbocycles. The van der Waals surface area contributed by atoms with E-state index in [2.05, 4.69) is 16.0 Å². The standard InChI is InChI=1S/C26H33ClN4O6/c1-16(2)29-12-13-37-22-10-8-18(27)15-19(22)24(33)30-20(9-11-23(28)32)25(34)31-21(26(35)36)14-17-6-4-3-5-7-17/h3-8,10,15-16,20-21,29H,9,11-14H2,1-2H3,(H2,28,32)(H,30,33)(H,31,34)(H,35,36)/t20-,21-/m0/s1. The summed E-state index contributed by atoms with van der Waals surface area (Å²) in [5.41, 5.74) is 6.05. The predicted molar refractivity (Wildman–Crippen MR) is 139 cm³/mol. The second-order valence-electron chi connectivity index (χ2n) is 8.72. The lowest BCUT2D eigenvalue weighted by molar-refractivity contribution is -0.142. The fourth-order valence-corrected chi connectivity index (χ4v) is 3.60. The number of nitrogens with two attached hydrogens (primary N) is 1. The third kappa shape index (κ3) is 10.5. The lowest BCUT2D eigenvalue weighted by Gasteiger charge is -2.22. The summed E-state index contributed by atoms with van der Waals surface area (Å²) in [5, 5.41) is 18.1. The van der Waals surface area contributed by atoms with Crippen molar-refractivity contribution >= 4 is 35.3 Å². The normalized spacial score (nSPS) is 12.4. The SMILES string of the molecule is CC(C)NCCOc1ccc(Cl)cc1C(=O)N[C@@H](CCC(N)=O)C(=O)N[C@@H](Cc1ccccc1)C(=O)O. The van der Waals surface area contributed by atoms with E-state index in [0.29, 0.717) is 12.1 Å². The molecule has 0 radical (unpaired) electrons. The summed E-state index contributed by atoms with van der Waals surface area (Å²) >= 11 is 6.09. The maximum atomic E-state index is 13.2. The topological polar surface area (TPSA) is 160 Å². The number of carbonyl (C=O) groups is 4. The summed E-state index contributed by atoms with van der Waals surface area (Å²) < 4.78 is 5.73. The van der Waals surface area contributed by atoms with Gasteiger partial charge in [0, 0.05) is 30.5 Å². The number of carboxylic acid groups (broad SMARTS) is 1. The van der Waals surface area contributed by atoms with Crippen LogP contribution in [0, 0.1) is 0 Å². The van der Waals surface area contributed by atoms with E-state index in [1.807, 2.05) is 13.8 Å². The molecule has 2 rings (SSSR count). The quantitative estimate of drug-likeness (QED) is 0.219. The van der Waals surface area contributed by atoms with Crippen molar-refractivity contribution in [3.05, 3.63) is 64.7 Å². The van der Waals surface area contributed by atoms with E-state index in [0.717, 1.165) is 0 Å². The molecule has 37 heavy (non-hydrogen) atoms. The number of hydrogen-bond acceptors (Lipinski definition) is 6. The van der Waals surface area contributed by atoms with E-state index in [9.17, 15) is 24.3 Å². The monoisotopic (exact) mass is 532 g/mol. The van der Waals surface area contributed by atoms with Gasteiger partial charge in [0.05, 0.1) is 5.56 Å². The van der Waals surface area contributed by atoms with Gasteiger partial charge in [-0.15, -0.1) is 0 Å². The molecular weight excluding hydrogens is 500 g/mol. The molecule has 0 bridgehead atoms. The molecule has 0 heterocycles. The highest BCUT2D eigenvalue weighted by Gasteiger charge is 2.28. The molecule has 3 amide bonds. The maximum Gasteiger partial charge on any atom is 0.326 e. The van der Waals surface area contributed by atoms with Crippen LogP contribution in [0.25, 0.3) is 0 Å². The van der Waals surface area contributed by atoms with Crippen molar-refractivity contribution in [2.24, 2.45) is 5.73 Å². The van der Waals surface area contributed by atoms with Gasteiger partial charge in [-0.05, 0) is 30.2 Å². The number of carboxylic acids is 1. The summed E-state index contributed by atoms with van der Waals surface area (Å²) in [6.45, 7) is 4.81. The van der Waals surface area contributed by atoms with Gasteiger partial charge in [0.1, 0.15) is 24.4 Å². The number of aliphatic carboxylic acids is 1. The van der Waals surface area contributed by atoms with Gasteiger partial charge in [-0.1, -0.05) is 55.8 Å². The fraction of sp³-hybridized carbons (Fsp3) is 0.385. The van der Waals surface area contributed by atoms with Crippen molar-refractivity contribution < 1.29 is 29.0 Å². The van der Waals surface area contributed by atoms with Crippen molar-refractivity contribution in [3.8, 4) is 5.75 Å². The Morgan fingerprint density at radius 3 is 2.35 bits per heavy atom. The van der Waals surface area contributed by atoms with Gasteiger partial charge in [0.25, 0.3) is 5.91 Å². The minimum Gasteiger partial charge on any atom is -0.491 e. The Kier molecular flexibility index (Phi) is 11.9.